The number of rotatable bonds is 4. The number of carbonyl (C=O) groups excluding carboxylic acids is 1. The number of aromatic nitrogens is 2. The van der Waals surface area contributed by atoms with Crippen LogP contribution in [-0.2, 0) is 17.8 Å². The van der Waals surface area contributed by atoms with Crippen molar-refractivity contribution in [2.45, 2.75) is 19.9 Å². The van der Waals surface area contributed by atoms with Gasteiger partial charge in [-0.05, 0) is 49.2 Å². The van der Waals surface area contributed by atoms with E-state index in [1.54, 1.807) is 16.7 Å². The van der Waals surface area contributed by atoms with Gasteiger partial charge in [-0.25, -0.2) is 4.98 Å². The summed E-state index contributed by atoms with van der Waals surface area (Å²) in [6, 6.07) is 23.2. The molecule has 4 aromatic rings. The summed E-state index contributed by atoms with van der Waals surface area (Å²) in [6.45, 7) is 2.47. The van der Waals surface area contributed by atoms with E-state index < -0.39 is 0 Å². The highest BCUT2D eigenvalue weighted by Crippen LogP contribution is 2.33. The molecule has 1 N–H and O–H groups in total. The second-order valence-electron chi connectivity index (χ2n) is 7.74. The standard InChI is InChI=1S/C26H21N3O2/c1-17-11-12-23-20(15-17)21(25(30)28-23)16-24-27-22-10-6-5-9-19(22)26(31)29(24)14-13-18-7-3-2-4-8-18/h2-12,15-16H,13-14H2,1H3,(H,28,30)/b21-16+. The van der Waals surface area contributed by atoms with E-state index >= 15 is 0 Å². The Bertz CT molecular complexity index is 1400. The van der Waals surface area contributed by atoms with E-state index in [9.17, 15) is 9.59 Å². The van der Waals surface area contributed by atoms with Gasteiger partial charge >= 0.3 is 0 Å². The molecular weight excluding hydrogens is 386 g/mol. The fraction of sp³-hybridized carbons (Fsp3) is 0.115. The average Bonchev–Trinajstić information content (AvgIpc) is 3.09. The summed E-state index contributed by atoms with van der Waals surface area (Å²) in [6.07, 6.45) is 2.43. The largest absolute Gasteiger partial charge is 0.321 e. The maximum Gasteiger partial charge on any atom is 0.261 e. The molecule has 0 bridgehead atoms. The van der Waals surface area contributed by atoms with Crippen molar-refractivity contribution in [1.29, 1.82) is 0 Å². The smallest absolute Gasteiger partial charge is 0.261 e. The van der Waals surface area contributed by atoms with Crippen LogP contribution in [0.3, 0.4) is 0 Å². The zero-order valence-corrected chi connectivity index (χ0v) is 17.1. The van der Waals surface area contributed by atoms with Gasteiger partial charge in [0.05, 0.1) is 16.5 Å². The maximum absolute atomic E-state index is 13.3. The first-order valence-corrected chi connectivity index (χ1v) is 10.3. The predicted octanol–water partition coefficient (Wildman–Crippen LogP) is 4.44. The van der Waals surface area contributed by atoms with Gasteiger partial charge in [0.25, 0.3) is 11.5 Å². The first kappa shape index (κ1) is 19.0. The lowest BCUT2D eigenvalue weighted by atomic mass is 10.0. The molecule has 0 saturated carbocycles. The number of nitrogens with one attached hydrogen (secondary N) is 1. The van der Waals surface area contributed by atoms with Gasteiger partial charge in [0.1, 0.15) is 5.82 Å². The van der Waals surface area contributed by atoms with E-state index in [2.05, 4.69) is 5.32 Å². The molecule has 0 fully saturated rings. The van der Waals surface area contributed by atoms with Gasteiger partial charge < -0.3 is 5.32 Å². The second kappa shape index (κ2) is 7.69. The van der Waals surface area contributed by atoms with Crippen LogP contribution in [0, 0.1) is 6.92 Å². The predicted molar refractivity (Wildman–Crippen MR) is 124 cm³/mol. The van der Waals surface area contributed by atoms with Gasteiger partial charge in [-0.3, -0.25) is 14.2 Å². The van der Waals surface area contributed by atoms with Gasteiger partial charge in [-0.15, -0.1) is 0 Å². The van der Waals surface area contributed by atoms with E-state index in [-0.39, 0.29) is 11.5 Å². The molecule has 1 aliphatic rings. The molecule has 3 aromatic carbocycles. The van der Waals surface area contributed by atoms with Crippen LogP contribution < -0.4 is 10.9 Å². The van der Waals surface area contributed by atoms with Crippen molar-refractivity contribution < 1.29 is 4.79 Å². The average molecular weight is 407 g/mol. The second-order valence-corrected chi connectivity index (χ2v) is 7.74. The van der Waals surface area contributed by atoms with Crippen molar-refractivity contribution in [2.75, 3.05) is 5.32 Å². The third-order valence-electron chi connectivity index (χ3n) is 5.59. The van der Waals surface area contributed by atoms with Gasteiger partial charge in [0, 0.05) is 17.8 Å². The van der Waals surface area contributed by atoms with Crippen molar-refractivity contribution in [3.63, 3.8) is 0 Å². The van der Waals surface area contributed by atoms with Crippen LogP contribution in [0.4, 0.5) is 5.69 Å². The lowest BCUT2D eigenvalue weighted by Crippen LogP contribution is -2.25. The summed E-state index contributed by atoms with van der Waals surface area (Å²) in [5.41, 5.74) is 4.86. The first-order chi connectivity index (χ1) is 15.1. The molecule has 0 radical (unpaired) electrons. The van der Waals surface area contributed by atoms with Crippen LogP contribution >= 0.6 is 0 Å². The lowest BCUT2D eigenvalue weighted by Gasteiger charge is -2.12. The number of amides is 1. The lowest BCUT2D eigenvalue weighted by molar-refractivity contribution is -0.110. The van der Waals surface area contributed by atoms with Crippen molar-refractivity contribution in [3.8, 4) is 0 Å². The molecule has 0 saturated heterocycles. The Hall–Kier alpha value is -3.99. The topological polar surface area (TPSA) is 64.0 Å². The third-order valence-corrected chi connectivity index (χ3v) is 5.59. The Balaban J connectivity index is 1.66. The van der Waals surface area contributed by atoms with E-state index in [0.717, 1.165) is 22.4 Å². The number of hydrogen-bond acceptors (Lipinski definition) is 3. The highest BCUT2D eigenvalue weighted by molar-refractivity contribution is 6.34. The number of carbonyl (C=O) groups is 1. The molecule has 0 spiro atoms. The summed E-state index contributed by atoms with van der Waals surface area (Å²) in [7, 11) is 0. The summed E-state index contributed by atoms with van der Waals surface area (Å²) in [5.74, 6) is 0.303. The molecule has 1 aromatic heterocycles. The molecule has 0 aliphatic carbocycles. The van der Waals surface area contributed by atoms with Crippen LogP contribution in [0.5, 0.6) is 0 Å². The number of anilines is 1. The van der Waals surface area contributed by atoms with Gasteiger partial charge in [-0.1, -0.05) is 54.1 Å². The third kappa shape index (κ3) is 3.55. The Labute approximate surface area is 179 Å². The van der Waals surface area contributed by atoms with Crippen LogP contribution in [-0.4, -0.2) is 15.5 Å². The number of nitrogens with zero attached hydrogens (tertiary/aromatic N) is 2. The number of benzene rings is 3. The molecule has 5 nitrogen and oxygen atoms in total. The Kier molecular flexibility index (Phi) is 4.71. The molecule has 5 heteroatoms. The number of fused-ring (bicyclic) bond motifs is 2. The fourth-order valence-electron chi connectivity index (χ4n) is 3.97. The summed E-state index contributed by atoms with van der Waals surface area (Å²) < 4.78 is 1.67. The van der Waals surface area contributed by atoms with Crippen molar-refractivity contribution in [3.05, 3.63) is 106 Å². The zero-order chi connectivity index (χ0) is 21.4. The molecule has 2 heterocycles. The van der Waals surface area contributed by atoms with Crippen LogP contribution in [0.2, 0.25) is 0 Å². The van der Waals surface area contributed by atoms with E-state index in [1.165, 1.54) is 0 Å². The minimum atomic E-state index is -0.183. The van der Waals surface area contributed by atoms with Crippen molar-refractivity contribution in [2.24, 2.45) is 0 Å². The SMILES string of the molecule is Cc1ccc2c(c1)/C(=C\c1nc3ccccc3c(=O)n1CCc1ccccc1)C(=O)N2. The highest BCUT2D eigenvalue weighted by atomic mass is 16.2. The van der Waals surface area contributed by atoms with Crippen LogP contribution in [0.1, 0.15) is 22.5 Å². The molecule has 5 rings (SSSR count). The van der Waals surface area contributed by atoms with E-state index in [4.69, 9.17) is 4.98 Å². The Morgan fingerprint density at radius 3 is 2.58 bits per heavy atom. The fourth-order valence-corrected chi connectivity index (χ4v) is 3.97. The van der Waals surface area contributed by atoms with Gasteiger partial charge in [0.15, 0.2) is 0 Å². The normalized spacial score (nSPS) is 14.1. The van der Waals surface area contributed by atoms with Gasteiger partial charge in [-0.2, -0.15) is 0 Å². The van der Waals surface area contributed by atoms with Crippen molar-refractivity contribution in [1.82, 2.24) is 9.55 Å². The first-order valence-electron chi connectivity index (χ1n) is 10.3. The van der Waals surface area contributed by atoms with Gasteiger partial charge in [0.2, 0.25) is 0 Å². The summed E-state index contributed by atoms with van der Waals surface area (Å²) in [4.78, 5) is 30.8. The minimum Gasteiger partial charge on any atom is -0.321 e. The van der Waals surface area contributed by atoms with E-state index in [0.29, 0.717) is 35.3 Å². The molecule has 152 valence electrons. The highest BCUT2D eigenvalue weighted by Gasteiger charge is 2.25. The van der Waals surface area contributed by atoms with E-state index in [1.807, 2.05) is 73.7 Å². The molecular formula is C26H21N3O2. The zero-order valence-electron chi connectivity index (χ0n) is 17.1. The Morgan fingerprint density at radius 1 is 0.968 bits per heavy atom. The van der Waals surface area contributed by atoms with Crippen LogP contribution in [0.25, 0.3) is 22.6 Å². The molecule has 31 heavy (non-hydrogen) atoms. The summed E-state index contributed by atoms with van der Waals surface area (Å²) >= 11 is 0. The summed E-state index contributed by atoms with van der Waals surface area (Å²) in [5, 5.41) is 3.48. The number of para-hydroxylation sites is 1. The minimum absolute atomic E-state index is 0.101. The Morgan fingerprint density at radius 2 is 1.74 bits per heavy atom. The monoisotopic (exact) mass is 407 g/mol. The van der Waals surface area contributed by atoms with Crippen LogP contribution in [0.15, 0.2) is 77.6 Å². The molecule has 1 aliphatic heterocycles. The molecule has 0 unspecified atom stereocenters. The number of aryl methyl sites for hydroxylation is 2. The number of hydrogen-bond donors (Lipinski definition) is 1. The molecule has 0 atom stereocenters. The maximum atomic E-state index is 13.3. The molecule has 1 amide bonds. The van der Waals surface area contributed by atoms with Crippen molar-refractivity contribution >= 4 is 34.1 Å². The quantitative estimate of drug-likeness (QED) is 0.509.